The number of nitrogens with zero attached hydrogens (tertiary/aromatic N) is 3. The largest absolute Gasteiger partial charge is 0.355 e. The molecular formula is C33H35N3. The van der Waals surface area contributed by atoms with E-state index in [0.717, 1.165) is 35.6 Å². The number of aromatic nitrogens is 2. The Kier molecular flexibility index (Phi) is 8.12. The van der Waals surface area contributed by atoms with Crippen molar-refractivity contribution in [3.8, 4) is 11.3 Å². The lowest BCUT2D eigenvalue weighted by Gasteiger charge is -2.21. The van der Waals surface area contributed by atoms with E-state index in [2.05, 4.69) is 141 Å². The van der Waals surface area contributed by atoms with Gasteiger partial charge >= 0.3 is 0 Å². The van der Waals surface area contributed by atoms with Crippen molar-refractivity contribution in [2.75, 3.05) is 11.9 Å². The van der Waals surface area contributed by atoms with Gasteiger partial charge in [0.05, 0.1) is 5.69 Å². The third-order valence-electron chi connectivity index (χ3n) is 6.40. The lowest BCUT2D eigenvalue weighted by molar-refractivity contribution is 0.883. The molecule has 0 unspecified atom stereocenters. The molecule has 36 heavy (non-hydrogen) atoms. The fourth-order valence-corrected chi connectivity index (χ4v) is 4.64. The number of rotatable bonds is 8. The van der Waals surface area contributed by atoms with Crippen LogP contribution in [0.15, 0.2) is 103 Å². The van der Waals surface area contributed by atoms with Crippen LogP contribution in [0.1, 0.15) is 43.9 Å². The molecule has 0 saturated heterocycles. The average molecular weight is 474 g/mol. The van der Waals surface area contributed by atoms with Gasteiger partial charge in [0, 0.05) is 24.7 Å². The first kappa shape index (κ1) is 25.1. The van der Waals surface area contributed by atoms with Gasteiger partial charge in [-0.2, -0.15) is 0 Å². The van der Waals surface area contributed by atoms with E-state index in [-0.39, 0.29) is 0 Å². The van der Waals surface area contributed by atoms with Crippen LogP contribution < -0.4 is 4.90 Å². The number of hydrogen-bond donors (Lipinski definition) is 0. The molecule has 0 atom stereocenters. The first-order valence-corrected chi connectivity index (χ1v) is 12.6. The van der Waals surface area contributed by atoms with Crippen molar-refractivity contribution in [2.24, 2.45) is 0 Å². The van der Waals surface area contributed by atoms with Crippen LogP contribution in [0.5, 0.6) is 0 Å². The summed E-state index contributed by atoms with van der Waals surface area (Å²) >= 11 is 0. The topological polar surface area (TPSA) is 29.0 Å². The van der Waals surface area contributed by atoms with Crippen molar-refractivity contribution in [3.05, 3.63) is 120 Å². The van der Waals surface area contributed by atoms with E-state index in [1.165, 1.54) is 33.0 Å². The lowest BCUT2D eigenvalue weighted by atomic mass is 10.0. The van der Waals surface area contributed by atoms with Crippen LogP contribution in [0.4, 0.5) is 5.82 Å². The molecular weight excluding hydrogens is 438 g/mol. The SMILES string of the molecule is C\C=C/C(=C\C(C)=C\CC)c1ccc(CN(C)c2ncnc(-c3ccc4ccccc4c3)c2C)cc1. The molecule has 1 heterocycles. The summed E-state index contributed by atoms with van der Waals surface area (Å²) in [4.78, 5) is 11.5. The maximum atomic E-state index is 4.64. The molecule has 0 aliphatic rings. The summed E-state index contributed by atoms with van der Waals surface area (Å²) in [6, 6.07) is 23.8. The zero-order chi connectivity index (χ0) is 25.5. The number of allylic oxidation sites excluding steroid dienone is 6. The fourth-order valence-electron chi connectivity index (χ4n) is 4.64. The molecule has 182 valence electrons. The minimum absolute atomic E-state index is 0.771. The van der Waals surface area contributed by atoms with Gasteiger partial charge < -0.3 is 4.90 Å². The van der Waals surface area contributed by atoms with Crippen molar-refractivity contribution in [2.45, 2.75) is 40.7 Å². The van der Waals surface area contributed by atoms with E-state index >= 15 is 0 Å². The molecule has 3 aromatic carbocycles. The Hall–Kier alpha value is -3.98. The molecule has 0 N–H and O–H groups in total. The van der Waals surface area contributed by atoms with Crippen molar-refractivity contribution in [3.63, 3.8) is 0 Å². The molecule has 1 aromatic heterocycles. The minimum Gasteiger partial charge on any atom is -0.355 e. The Morgan fingerprint density at radius 3 is 2.42 bits per heavy atom. The molecule has 3 heteroatoms. The van der Waals surface area contributed by atoms with Crippen molar-refractivity contribution in [1.82, 2.24) is 9.97 Å². The van der Waals surface area contributed by atoms with Gasteiger partial charge in [-0.25, -0.2) is 9.97 Å². The van der Waals surface area contributed by atoms with Crippen LogP contribution in [-0.2, 0) is 6.54 Å². The summed E-state index contributed by atoms with van der Waals surface area (Å²) < 4.78 is 0. The van der Waals surface area contributed by atoms with Gasteiger partial charge in [0.1, 0.15) is 12.1 Å². The monoisotopic (exact) mass is 473 g/mol. The number of fused-ring (bicyclic) bond motifs is 1. The first-order valence-electron chi connectivity index (χ1n) is 12.6. The Bertz CT molecular complexity index is 1430. The second-order valence-electron chi connectivity index (χ2n) is 9.24. The second-order valence-corrected chi connectivity index (χ2v) is 9.24. The zero-order valence-corrected chi connectivity index (χ0v) is 22.0. The zero-order valence-electron chi connectivity index (χ0n) is 22.0. The van der Waals surface area contributed by atoms with E-state index in [1.54, 1.807) is 6.33 Å². The molecule has 0 aliphatic carbocycles. The molecule has 0 fully saturated rings. The lowest BCUT2D eigenvalue weighted by Crippen LogP contribution is -2.19. The highest BCUT2D eigenvalue weighted by atomic mass is 15.2. The fraction of sp³-hybridized carbons (Fsp3) is 0.212. The molecule has 0 bridgehead atoms. The summed E-state index contributed by atoms with van der Waals surface area (Å²) in [5.41, 5.74) is 8.16. The number of anilines is 1. The van der Waals surface area contributed by atoms with Gasteiger partial charge in [-0.3, -0.25) is 0 Å². The van der Waals surface area contributed by atoms with Crippen LogP contribution in [0.2, 0.25) is 0 Å². The third-order valence-corrected chi connectivity index (χ3v) is 6.40. The predicted octanol–water partition coefficient (Wildman–Crippen LogP) is 8.56. The molecule has 0 aliphatic heterocycles. The smallest absolute Gasteiger partial charge is 0.135 e. The molecule has 4 rings (SSSR count). The third kappa shape index (κ3) is 5.80. The quantitative estimate of drug-likeness (QED) is 0.240. The highest BCUT2D eigenvalue weighted by Gasteiger charge is 2.13. The van der Waals surface area contributed by atoms with Crippen molar-refractivity contribution >= 4 is 22.2 Å². The average Bonchev–Trinajstić information content (AvgIpc) is 2.89. The standard InChI is InChI=1S/C33H35N3/c1-6-10-24(3)20-29(11-7-2)28-16-14-26(15-17-28)22-36(5)33-25(4)32(34-23-35-33)31-19-18-27-12-8-9-13-30(27)21-31/h7-21,23H,6,22H2,1-5H3/b11-7-,24-10+,29-20+. The van der Waals surface area contributed by atoms with E-state index < -0.39 is 0 Å². The maximum absolute atomic E-state index is 4.64. The summed E-state index contributed by atoms with van der Waals surface area (Å²) in [6.07, 6.45) is 11.5. The maximum Gasteiger partial charge on any atom is 0.135 e. The van der Waals surface area contributed by atoms with Gasteiger partial charge in [-0.05, 0) is 60.7 Å². The molecule has 0 radical (unpaired) electrons. The normalized spacial score (nSPS) is 12.5. The van der Waals surface area contributed by atoms with E-state index in [0.29, 0.717) is 0 Å². The Labute approximate surface area is 215 Å². The van der Waals surface area contributed by atoms with Crippen LogP contribution in [0.3, 0.4) is 0 Å². The van der Waals surface area contributed by atoms with Gasteiger partial charge in [0.2, 0.25) is 0 Å². The van der Waals surface area contributed by atoms with E-state index in [1.807, 2.05) is 0 Å². The number of hydrogen-bond acceptors (Lipinski definition) is 3. The molecule has 3 nitrogen and oxygen atoms in total. The first-order chi connectivity index (χ1) is 17.5. The summed E-state index contributed by atoms with van der Waals surface area (Å²) in [5, 5.41) is 2.45. The highest BCUT2D eigenvalue weighted by Crippen LogP contribution is 2.29. The number of benzene rings is 3. The molecule has 0 spiro atoms. The van der Waals surface area contributed by atoms with Crippen LogP contribution in [0.25, 0.3) is 27.6 Å². The van der Waals surface area contributed by atoms with Gasteiger partial charge in [0.25, 0.3) is 0 Å². The van der Waals surface area contributed by atoms with Gasteiger partial charge in [0.15, 0.2) is 0 Å². The predicted molar refractivity (Wildman–Crippen MR) is 155 cm³/mol. The van der Waals surface area contributed by atoms with Crippen LogP contribution in [0, 0.1) is 6.92 Å². The summed E-state index contributed by atoms with van der Waals surface area (Å²) in [5.74, 6) is 0.951. The molecule has 0 amide bonds. The van der Waals surface area contributed by atoms with Gasteiger partial charge in [-0.1, -0.05) is 97.5 Å². The molecule has 4 aromatic rings. The molecule has 0 saturated carbocycles. The Balaban J connectivity index is 1.56. The summed E-state index contributed by atoms with van der Waals surface area (Å²) in [7, 11) is 2.09. The van der Waals surface area contributed by atoms with Crippen molar-refractivity contribution < 1.29 is 0 Å². The van der Waals surface area contributed by atoms with Gasteiger partial charge in [-0.15, -0.1) is 0 Å². The van der Waals surface area contributed by atoms with E-state index in [4.69, 9.17) is 0 Å². The highest BCUT2D eigenvalue weighted by molar-refractivity contribution is 5.87. The summed E-state index contributed by atoms with van der Waals surface area (Å²) in [6.45, 7) is 9.27. The second kappa shape index (κ2) is 11.6. The van der Waals surface area contributed by atoms with Crippen LogP contribution >= 0.6 is 0 Å². The van der Waals surface area contributed by atoms with Crippen LogP contribution in [-0.4, -0.2) is 17.0 Å². The minimum atomic E-state index is 0.771. The van der Waals surface area contributed by atoms with E-state index in [9.17, 15) is 0 Å². The Morgan fingerprint density at radius 1 is 0.944 bits per heavy atom. The van der Waals surface area contributed by atoms with Crippen molar-refractivity contribution in [1.29, 1.82) is 0 Å². The Morgan fingerprint density at radius 2 is 1.69 bits per heavy atom.